The van der Waals surface area contributed by atoms with Gasteiger partial charge in [-0.15, -0.1) is 0 Å². The number of anilines is 3. The summed E-state index contributed by atoms with van der Waals surface area (Å²) in [6.07, 6.45) is -0.148. The second-order valence-electron chi connectivity index (χ2n) is 13.7. The van der Waals surface area contributed by atoms with Gasteiger partial charge in [-0.1, -0.05) is 39.0 Å². The first kappa shape index (κ1) is 40.1. The van der Waals surface area contributed by atoms with Crippen molar-refractivity contribution in [2.45, 2.75) is 51.7 Å². The van der Waals surface area contributed by atoms with Crippen LogP contribution in [0, 0.1) is 0 Å². The standard InChI is InChI=1S/C21H22F2N6O.C20H17F3N6/c1-12(2)19-26-15-5-3-4-6-16(15)29(19)18-11-17(24)27-21(25,28-18)13-7-9-14(10-8-13)30-20(22)23;1-2-14-18(16-5-3-4-10-29(16)28-14)15-11-17(24)27-19(26-15)25-13-8-6-12(7-9-13)20(21,22)23/h3-12,20,28H,25H2,1-2H3,(H2,24,27);3-11H,2H2,1H3,(H3,24,25,26,27). The van der Waals surface area contributed by atoms with Crippen molar-refractivity contribution >= 4 is 45.7 Å². The number of rotatable bonds is 9. The summed E-state index contributed by atoms with van der Waals surface area (Å²) >= 11 is 0. The molecule has 1 aliphatic heterocycles. The second-order valence-corrected chi connectivity index (χ2v) is 13.7. The number of aryl methyl sites for hydroxylation is 1. The third-order valence-electron chi connectivity index (χ3n) is 9.19. The van der Waals surface area contributed by atoms with Gasteiger partial charge in [-0.3, -0.25) is 10.3 Å². The van der Waals surface area contributed by atoms with Crippen LogP contribution < -0.4 is 32.6 Å². The Labute approximate surface area is 334 Å². The molecule has 8 rings (SSSR count). The minimum atomic E-state index is -4.39. The number of nitrogens with zero attached hydrogens (tertiary/aromatic N) is 7. The number of aliphatic imine (C=N–C) groups is 1. The van der Waals surface area contributed by atoms with Crippen LogP contribution >= 0.6 is 0 Å². The monoisotopic (exact) mass is 810 g/mol. The fourth-order valence-electron chi connectivity index (χ4n) is 6.56. The lowest BCUT2D eigenvalue weighted by atomic mass is 10.1. The van der Waals surface area contributed by atoms with Crippen LogP contribution in [0.1, 0.15) is 49.3 Å². The zero-order chi connectivity index (χ0) is 42.1. The molecule has 304 valence electrons. The van der Waals surface area contributed by atoms with E-state index in [1.54, 1.807) is 28.8 Å². The van der Waals surface area contributed by atoms with Crippen LogP contribution in [0.3, 0.4) is 0 Å². The number of pyridine rings is 1. The SMILES string of the molecule is CC(C)c1nc2ccccc2n1C1=CC(N)=NC(N)(c2ccc(OC(F)F)cc2)N1.CCc1nn2ccccc2c1-c1cc(N)nc(Nc2ccc(C(F)(F)F)cc2)n1. The average molecular weight is 811 g/mol. The van der Waals surface area contributed by atoms with Crippen molar-refractivity contribution < 1.29 is 26.7 Å². The van der Waals surface area contributed by atoms with Gasteiger partial charge in [0.05, 0.1) is 33.5 Å². The van der Waals surface area contributed by atoms with Gasteiger partial charge in [0, 0.05) is 41.1 Å². The predicted molar refractivity (Wildman–Crippen MR) is 217 cm³/mol. The number of benzene rings is 3. The molecule has 0 radical (unpaired) electrons. The Hall–Kier alpha value is -7.08. The number of hydrogen-bond acceptors (Lipinski definition) is 11. The summed E-state index contributed by atoms with van der Waals surface area (Å²) in [6, 6.07) is 25.7. The van der Waals surface area contributed by atoms with Gasteiger partial charge >= 0.3 is 12.8 Å². The lowest BCUT2D eigenvalue weighted by molar-refractivity contribution is -0.137. The summed E-state index contributed by atoms with van der Waals surface area (Å²) < 4.78 is 71.2. The fourth-order valence-corrected chi connectivity index (χ4v) is 6.56. The van der Waals surface area contributed by atoms with E-state index < -0.39 is 24.1 Å². The van der Waals surface area contributed by atoms with E-state index in [0.717, 1.165) is 45.8 Å². The van der Waals surface area contributed by atoms with Gasteiger partial charge in [-0.25, -0.2) is 19.5 Å². The minimum absolute atomic E-state index is 0.0311. The number of alkyl halides is 5. The Morgan fingerprint density at radius 1 is 0.881 bits per heavy atom. The predicted octanol–water partition coefficient (Wildman–Crippen LogP) is 7.99. The number of ether oxygens (including phenoxy) is 1. The highest BCUT2D eigenvalue weighted by atomic mass is 19.4. The highest BCUT2D eigenvalue weighted by Gasteiger charge is 2.33. The van der Waals surface area contributed by atoms with Crippen molar-refractivity contribution in [2.75, 3.05) is 11.1 Å². The maximum Gasteiger partial charge on any atom is 0.416 e. The molecule has 4 aromatic heterocycles. The summed E-state index contributed by atoms with van der Waals surface area (Å²) in [4.78, 5) is 17.8. The Balaban J connectivity index is 0.000000179. The van der Waals surface area contributed by atoms with E-state index in [1.807, 2.05) is 60.2 Å². The molecule has 13 nitrogen and oxygen atoms in total. The largest absolute Gasteiger partial charge is 0.435 e. The van der Waals surface area contributed by atoms with Gasteiger partial charge in [-0.05, 0) is 79.2 Å². The maximum absolute atomic E-state index is 12.7. The molecule has 7 aromatic rings. The van der Waals surface area contributed by atoms with E-state index in [0.29, 0.717) is 29.2 Å². The first-order valence-corrected chi connectivity index (χ1v) is 18.3. The topological polar surface area (TPSA) is 185 Å². The normalized spacial score (nSPS) is 15.4. The number of nitrogens with one attached hydrogen (secondary N) is 2. The third kappa shape index (κ3) is 8.62. The molecule has 1 unspecified atom stereocenters. The molecule has 0 saturated carbocycles. The van der Waals surface area contributed by atoms with Gasteiger partial charge in [0.1, 0.15) is 29.0 Å². The quantitative estimate of drug-likeness (QED) is 0.0896. The van der Waals surface area contributed by atoms with E-state index in [4.69, 9.17) is 22.2 Å². The Morgan fingerprint density at radius 2 is 1.58 bits per heavy atom. The zero-order valence-corrected chi connectivity index (χ0v) is 31.9. The van der Waals surface area contributed by atoms with Crippen LogP contribution in [0.2, 0.25) is 0 Å². The summed E-state index contributed by atoms with van der Waals surface area (Å²) in [5.74, 6) is 0.895. The number of nitrogen functional groups attached to an aromatic ring is 1. The van der Waals surface area contributed by atoms with E-state index in [-0.39, 0.29) is 29.3 Å². The number of halogens is 5. The van der Waals surface area contributed by atoms with Gasteiger partial charge < -0.3 is 26.8 Å². The third-order valence-corrected chi connectivity index (χ3v) is 9.19. The lowest BCUT2D eigenvalue weighted by Crippen LogP contribution is -2.52. The molecule has 3 aromatic carbocycles. The number of imidazole rings is 1. The average Bonchev–Trinajstić information content (AvgIpc) is 3.77. The molecule has 1 aliphatic rings. The number of para-hydroxylation sites is 2. The molecule has 5 heterocycles. The molecular formula is C41H39F5N12O. The molecule has 0 spiro atoms. The number of hydrogen-bond donors (Lipinski definition) is 5. The molecule has 0 aliphatic carbocycles. The molecule has 0 fully saturated rings. The van der Waals surface area contributed by atoms with E-state index >= 15 is 0 Å². The lowest BCUT2D eigenvalue weighted by Gasteiger charge is -2.33. The molecule has 0 amide bonds. The van der Waals surface area contributed by atoms with E-state index in [2.05, 4.69) is 49.3 Å². The van der Waals surface area contributed by atoms with Crippen molar-refractivity contribution in [3.05, 3.63) is 132 Å². The van der Waals surface area contributed by atoms with Crippen molar-refractivity contribution in [2.24, 2.45) is 16.5 Å². The summed E-state index contributed by atoms with van der Waals surface area (Å²) in [5, 5.41) is 10.7. The van der Waals surface area contributed by atoms with E-state index in [9.17, 15) is 22.0 Å². The van der Waals surface area contributed by atoms with Crippen molar-refractivity contribution in [3.63, 3.8) is 0 Å². The minimum Gasteiger partial charge on any atom is -0.435 e. The van der Waals surface area contributed by atoms with Crippen molar-refractivity contribution in [3.8, 4) is 17.0 Å². The van der Waals surface area contributed by atoms with Gasteiger partial charge in [-0.2, -0.15) is 32.0 Å². The first-order chi connectivity index (χ1) is 28.1. The smallest absolute Gasteiger partial charge is 0.416 e. The molecule has 1 atom stereocenters. The Bertz CT molecular complexity index is 2670. The fraction of sp³-hybridized carbons (Fsp3) is 0.195. The molecular weight excluding hydrogens is 772 g/mol. The maximum atomic E-state index is 12.7. The molecule has 0 saturated heterocycles. The van der Waals surface area contributed by atoms with Crippen LogP contribution in [-0.4, -0.2) is 41.6 Å². The van der Waals surface area contributed by atoms with Gasteiger partial charge in [0.25, 0.3) is 0 Å². The molecule has 59 heavy (non-hydrogen) atoms. The summed E-state index contributed by atoms with van der Waals surface area (Å²) in [6.45, 7) is 3.20. The number of aromatic nitrogens is 6. The van der Waals surface area contributed by atoms with Crippen molar-refractivity contribution in [1.82, 2.24) is 34.4 Å². The molecule has 0 bridgehead atoms. The van der Waals surface area contributed by atoms with Crippen LogP contribution in [0.4, 0.5) is 39.4 Å². The Kier molecular flexibility index (Phi) is 10.9. The molecule has 18 heteroatoms. The van der Waals surface area contributed by atoms with E-state index in [1.165, 1.54) is 24.3 Å². The van der Waals surface area contributed by atoms with Gasteiger partial charge in [0.2, 0.25) is 11.7 Å². The van der Waals surface area contributed by atoms with Crippen LogP contribution in [0.15, 0.2) is 114 Å². The summed E-state index contributed by atoms with van der Waals surface area (Å²) in [7, 11) is 0. The number of nitrogens with two attached hydrogens (primary N) is 3. The first-order valence-electron chi connectivity index (χ1n) is 18.3. The highest BCUT2D eigenvalue weighted by Crippen LogP contribution is 2.33. The summed E-state index contributed by atoms with van der Waals surface area (Å²) in [5.41, 5.74) is 23.8. The zero-order valence-electron chi connectivity index (χ0n) is 31.9. The van der Waals surface area contributed by atoms with Crippen molar-refractivity contribution in [1.29, 1.82) is 0 Å². The number of amidine groups is 1. The Morgan fingerprint density at radius 3 is 2.25 bits per heavy atom. The number of fused-ring (bicyclic) bond motifs is 2. The van der Waals surface area contributed by atoms with Crippen LogP contribution in [0.25, 0.3) is 33.6 Å². The van der Waals surface area contributed by atoms with Gasteiger partial charge in [0.15, 0.2) is 0 Å². The van der Waals surface area contributed by atoms with Crippen LogP contribution in [-0.2, 0) is 18.4 Å². The molecule has 8 N–H and O–H groups in total. The van der Waals surface area contributed by atoms with Crippen LogP contribution in [0.5, 0.6) is 5.75 Å². The second kappa shape index (κ2) is 16.0. The highest BCUT2D eigenvalue weighted by molar-refractivity contribution is 5.98.